The Balaban J connectivity index is 2.39. The molecule has 118 valence electrons. The number of sulfone groups is 1. The van der Waals surface area contributed by atoms with Crippen LogP contribution in [0.25, 0.3) is 0 Å². The van der Waals surface area contributed by atoms with E-state index in [0.29, 0.717) is 6.42 Å². The van der Waals surface area contributed by atoms with Gasteiger partial charge >= 0.3 is 6.36 Å². The molecule has 2 atom stereocenters. The molecular formula is C13H15F3O4S. The summed E-state index contributed by atoms with van der Waals surface area (Å²) in [5.74, 6) is -0.479. The first-order chi connectivity index (χ1) is 9.52. The van der Waals surface area contributed by atoms with Gasteiger partial charge in [0.15, 0.2) is 9.84 Å². The van der Waals surface area contributed by atoms with Gasteiger partial charge in [-0.05, 0) is 37.0 Å². The lowest BCUT2D eigenvalue weighted by Gasteiger charge is -2.29. The third kappa shape index (κ3) is 3.49. The van der Waals surface area contributed by atoms with Crippen LogP contribution in [0.5, 0.6) is 5.75 Å². The van der Waals surface area contributed by atoms with Crippen molar-refractivity contribution in [1.82, 2.24) is 0 Å². The van der Waals surface area contributed by atoms with Crippen molar-refractivity contribution in [2.24, 2.45) is 0 Å². The molecule has 1 fully saturated rings. The SMILES string of the molecule is CS(=O)(=O)C1CCCC1(O)c1cccc(OC(F)(F)F)c1. The van der Waals surface area contributed by atoms with Crippen LogP contribution < -0.4 is 4.74 Å². The monoisotopic (exact) mass is 324 g/mol. The minimum absolute atomic E-state index is 0.122. The Kier molecular flexibility index (Phi) is 3.96. The molecular weight excluding hydrogens is 309 g/mol. The minimum Gasteiger partial charge on any atom is -0.406 e. The van der Waals surface area contributed by atoms with E-state index in [-0.39, 0.29) is 18.4 Å². The fraction of sp³-hybridized carbons (Fsp3) is 0.538. The standard InChI is InChI=1S/C13H15F3O4S/c1-21(18,19)11-6-3-7-12(11,17)9-4-2-5-10(8-9)20-13(14,15)16/h2,4-5,8,11,17H,3,6-7H2,1H3. The Morgan fingerprint density at radius 1 is 1.38 bits per heavy atom. The zero-order chi connectivity index (χ0) is 15.9. The molecule has 8 heteroatoms. The summed E-state index contributed by atoms with van der Waals surface area (Å²) in [6.45, 7) is 0. The van der Waals surface area contributed by atoms with Crippen LogP contribution >= 0.6 is 0 Å². The van der Waals surface area contributed by atoms with Crippen LogP contribution in [0.3, 0.4) is 0 Å². The van der Waals surface area contributed by atoms with E-state index in [1.807, 2.05) is 0 Å². The number of alkyl halides is 3. The first-order valence-electron chi connectivity index (χ1n) is 6.30. The van der Waals surface area contributed by atoms with Crippen molar-refractivity contribution in [3.8, 4) is 5.75 Å². The molecule has 1 aromatic carbocycles. The Morgan fingerprint density at radius 3 is 2.62 bits per heavy atom. The molecule has 0 aliphatic heterocycles. The molecule has 0 heterocycles. The second kappa shape index (κ2) is 5.17. The predicted molar refractivity (Wildman–Crippen MR) is 69.5 cm³/mol. The maximum absolute atomic E-state index is 12.2. The number of aliphatic hydroxyl groups is 1. The lowest BCUT2D eigenvalue weighted by atomic mass is 9.92. The van der Waals surface area contributed by atoms with Crippen molar-refractivity contribution in [2.75, 3.05) is 6.26 Å². The number of hydrogen-bond acceptors (Lipinski definition) is 4. The summed E-state index contributed by atoms with van der Waals surface area (Å²) >= 11 is 0. The largest absolute Gasteiger partial charge is 0.573 e. The van der Waals surface area contributed by atoms with Crippen LogP contribution in [0.1, 0.15) is 24.8 Å². The van der Waals surface area contributed by atoms with Crippen molar-refractivity contribution < 1.29 is 31.4 Å². The normalized spacial score (nSPS) is 26.8. The van der Waals surface area contributed by atoms with Gasteiger partial charge in [-0.15, -0.1) is 13.2 Å². The van der Waals surface area contributed by atoms with Gasteiger partial charge < -0.3 is 9.84 Å². The predicted octanol–water partition coefficient (Wildman–Crippen LogP) is 2.37. The third-order valence-corrected chi connectivity index (χ3v) is 5.30. The zero-order valence-corrected chi connectivity index (χ0v) is 12.0. The summed E-state index contributed by atoms with van der Waals surface area (Å²) < 4.78 is 64.0. The molecule has 4 nitrogen and oxygen atoms in total. The smallest absolute Gasteiger partial charge is 0.406 e. The number of halogens is 3. The number of ether oxygens (including phenoxy) is 1. The van der Waals surface area contributed by atoms with Crippen molar-refractivity contribution in [3.63, 3.8) is 0 Å². The fourth-order valence-corrected chi connectivity index (χ4v) is 4.37. The van der Waals surface area contributed by atoms with E-state index in [1.54, 1.807) is 0 Å². The van der Waals surface area contributed by atoms with E-state index >= 15 is 0 Å². The summed E-state index contributed by atoms with van der Waals surface area (Å²) in [4.78, 5) is 0. The third-order valence-electron chi connectivity index (χ3n) is 3.64. The van der Waals surface area contributed by atoms with E-state index < -0.39 is 32.8 Å². The van der Waals surface area contributed by atoms with Crippen molar-refractivity contribution in [2.45, 2.75) is 36.5 Å². The molecule has 0 aromatic heterocycles. The molecule has 0 radical (unpaired) electrons. The molecule has 1 aromatic rings. The molecule has 1 aliphatic rings. The highest BCUT2D eigenvalue weighted by Gasteiger charge is 2.48. The second-order valence-corrected chi connectivity index (χ2v) is 7.44. The van der Waals surface area contributed by atoms with Gasteiger partial charge in [0.2, 0.25) is 0 Å². The van der Waals surface area contributed by atoms with Gasteiger partial charge in [0, 0.05) is 6.26 Å². The van der Waals surface area contributed by atoms with Crippen LogP contribution in [0, 0.1) is 0 Å². The van der Waals surface area contributed by atoms with Crippen LogP contribution in [-0.4, -0.2) is 31.4 Å². The Labute approximate surface area is 120 Å². The van der Waals surface area contributed by atoms with Crippen molar-refractivity contribution in [3.05, 3.63) is 29.8 Å². The van der Waals surface area contributed by atoms with Gasteiger partial charge in [0.05, 0.1) is 5.25 Å². The average molecular weight is 324 g/mol. The molecule has 0 saturated heterocycles. The lowest BCUT2D eigenvalue weighted by molar-refractivity contribution is -0.274. The minimum atomic E-state index is -4.84. The number of rotatable bonds is 3. The van der Waals surface area contributed by atoms with E-state index in [0.717, 1.165) is 18.4 Å². The van der Waals surface area contributed by atoms with E-state index in [4.69, 9.17) is 0 Å². The van der Waals surface area contributed by atoms with Crippen molar-refractivity contribution in [1.29, 1.82) is 0 Å². The molecule has 2 unspecified atom stereocenters. The Hall–Kier alpha value is -1.28. The van der Waals surface area contributed by atoms with Gasteiger partial charge in [0.25, 0.3) is 0 Å². The summed E-state index contributed by atoms with van der Waals surface area (Å²) in [6, 6.07) is 4.85. The van der Waals surface area contributed by atoms with E-state index in [9.17, 15) is 26.7 Å². The van der Waals surface area contributed by atoms with Crippen LogP contribution in [-0.2, 0) is 15.4 Å². The first kappa shape index (κ1) is 16.1. The molecule has 0 amide bonds. The molecule has 1 saturated carbocycles. The van der Waals surface area contributed by atoms with Crippen LogP contribution in [0.15, 0.2) is 24.3 Å². The average Bonchev–Trinajstić information content (AvgIpc) is 2.70. The van der Waals surface area contributed by atoms with E-state index in [2.05, 4.69) is 4.74 Å². The fourth-order valence-electron chi connectivity index (χ4n) is 2.82. The first-order valence-corrected chi connectivity index (χ1v) is 8.25. The maximum atomic E-state index is 12.2. The highest BCUT2D eigenvalue weighted by atomic mass is 32.2. The van der Waals surface area contributed by atoms with Crippen LogP contribution in [0.2, 0.25) is 0 Å². The van der Waals surface area contributed by atoms with Gasteiger partial charge in [-0.1, -0.05) is 12.1 Å². The summed E-state index contributed by atoms with van der Waals surface area (Å²) in [5.41, 5.74) is -1.56. The van der Waals surface area contributed by atoms with Gasteiger partial charge in [-0.3, -0.25) is 0 Å². The topological polar surface area (TPSA) is 63.6 Å². The van der Waals surface area contributed by atoms with Crippen molar-refractivity contribution >= 4 is 9.84 Å². The van der Waals surface area contributed by atoms with Gasteiger partial charge in [0.1, 0.15) is 11.4 Å². The second-order valence-electron chi connectivity index (χ2n) is 5.21. The summed E-state index contributed by atoms with van der Waals surface area (Å²) in [6.07, 6.45) is -2.88. The molecule has 1 aliphatic carbocycles. The lowest BCUT2D eigenvalue weighted by Crippen LogP contribution is -2.39. The Bertz CT molecular complexity index is 627. The number of benzene rings is 1. The molecule has 0 bridgehead atoms. The molecule has 2 rings (SSSR count). The molecule has 0 spiro atoms. The number of hydrogen-bond donors (Lipinski definition) is 1. The zero-order valence-electron chi connectivity index (χ0n) is 11.2. The Morgan fingerprint density at radius 2 is 2.05 bits per heavy atom. The van der Waals surface area contributed by atoms with Gasteiger partial charge in [-0.25, -0.2) is 8.42 Å². The summed E-state index contributed by atoms with van der Waals surface area (Å²) in [5, 5.41) is 9.64. The highest BCUT2D eigenvalue weighted by Crippen LogP contribution is 2.43. The van der Waals surface area contributed by atoms with E-state index in [1.165, 1.54) is 12.1 Å². The quantitative estimate of drug-likeness (QED) is 0.927. The summed E-state index contributed by atoms with van der Waals surface area (Å²) in [7, 11) is -3.52. The molecule has 1 N–H and O–H groups in total. The van der Waals surface area contributed by atoms with Gasteiger partial charge in [-0.2, -0.15) is 0 Å². The highest BCUT2D eigenvalue weighted by molar-refractivity contribution is 7.91. The maximum Gasteiger partial charge on any atom is 0.573 e. The molecule has 21 heavy (non-hydrogen) atoms. The van der Waals surface area contributed by atoms with Crippen LogP contribution in [0.4, 0.5) is 13.2 Å².